The van der Waals surface area contributed by atoms with Gasteiger partial charge in [-0.2, -0.15) is 0 Å². The number of hydrogen-bond donors (Lipinski definition) is 0. The summed E-state index contributed by atoms with van der Waals surface area (Å²) in [5, 5.41) is 0. The highest BCUT2D eigenvalue weighted by Crippen LogP contribution is 2.28. The van der Waals surface area contributed by atoms with Gasteiger partial charge in [0.05, 0.1) is 0 Å². The van der Waals surface area contributed by atoms with Gasteiger partial charge in [-0.15, -0.1) is 0 Å². The van der Waals surface area contributed by atoms with E-state index in [4.69, 9.17) is 4.74 Å². The van der Waals surface area contributed by atoms with Crippen molar-refractivity contribution in [2.75, 3.05) is 0 Å². The van der Waals surface area contributed by atoms with Gasteiger partial charge in [-0.25, -0.2) is 4.79 Å². The molecular weight excluding hydrogens is 248 g/mol. The first-order valence-corrected chi connectivity index (χ1v) is 7.36. The molecule has 0 spiro atoms. The molecule has 1 atom stereocenters. The quantitative estimate of drug-likeness (QED) is 0.451. The highest BCUT2D eigenvalue weighted by atomic mass is 16.5. The summed E-state index contributed by atoms with van der Waals surface area (Å²) >= 11 is 0. The van der Waals surface area contributed by atoms with Crippen LogP contribution in [0.15, 0.2) is 49.1 Å². The summed E-state index contributed by atoms with van der Waals surface area (Å²) in [6, 6.07) is 9.75. The third kappa shape index (κ3) is 4.37. The number of carbonyl (C=O) groups is 1. The highest BCUT2D eigenvalue weighted by Gasteiger charge is 2.23. The number of ether oxygens (including phenoxy) is 1. The van der Waals surface area contributed by atoms with Gasteiger partial charge in [0.1, 0.15) is 6.10 Å². The fraction of sp³-hybridized carbons (Fsp3) is 0.389. The van der Waals surface area contributed by atoms with E-state index in [0.29, 0.717) is 5.92 Å². The molecule has 0 saturated heterocycles. The fourth-order valence-electron chi connectivity index (χ4n) is 2.70. The Morgan fingerprint density at radius 2 is 1.90 bits per heavy atom. The molecule has 0 unspecified atom stereocenters. The van der Waals surface area contributed by atoms with Gasteiger partial charge in [-0.3, -0.25) is 0 Å². The van der Waals surface area contributed by atoms with E-state index in [1.165, 1.54) is 25.3 Å². The van der Waals surface area contributed by atoms with Crippen molar-refractivity contribution >= 4 is 12.0 Å². The minimum absolute atomic E-state index is 0.150. The maximum Gasteiger partial charge on any atom is 0.331 e. The lowest BCUT2D eigenvalue weighted by Gasteiger charge is -2.27. The normalized spacial score (nSPS) is 17.8. The van der Waals surface area contributed by atoms with Crippen LogP contribution in [0.3, 0.4) is 0 Å². The van der Waals surface area contributed by atoms with Crippen molar-refractivity contribution in [1.82, 2.24) is 0 Å². The van der Waals surface area contributed by atoms with Gasteiger partial charge in [0, 0.05) is 6.08 Å². The Morgan fingerprint density at radius 1 is 1.20 bits per heavy atom. The minimum Gasteiger partial charge on any atom is -0.455 e. The Labute approximate surface area is 121 Å². The maximum atomic E-state index is 11.9. The first-order chi connectivity index (χ1) is 9.79. The van der Waals surface area contributed by atoms with Gasteiger partial charge in [-0.05, 0) is 30.4 Å². The molecule has 1 saturated carbocycles. The van der Waals surface area contributed by atoms with Crippen LogP contribution in [-0.4, -0.2) is 12.1 Å². The molecule has 0 radical (unpaired) electrons. The number of esters is 1. The Morgan fingerprint density at radius 3 is 2.55 bits per heavy atom. The zero-order valence-electron chi connectivity index (χ0n) is 11.8. The third-order valence-corrected chi connectivity index (χ3v) is 3.81. The molecule has 2 rings (SSSR count). The zero-order valence-corrected chi connectivity index (χ0v) is 11.8. The second-order valence-corrected chi connectivity index (χ2v) is 5.28. The average molecular weight is 270 g/mol. The van der Waals surface area contributed by atoms with Crippen LogP contribution >= 0.6 is 0 Å². The second kappa shape index (κ2) is 7.68. The molecule has 2 nitrogen and oxygen atoms in total. The molecule has 1 fully saturated rings. The van der Waals surface area contributed by atoms with Crippen LogP contribution in [0.4, 0.5) is 0 Å². The average Bonchev–Trinajstić information content (AvgIpc) is 2.52. The van der Waals surface area contributed by atoms with E-state index in [2.05, 4.69) is 6.58 Å². The Balaban J connectivity index is 1.88. The van der Waals surface area contributed by atoms with Gasteiger partial charge in [-0.1, -0.05) is 62.2 Å². The fourth-order valence-corrected chi connectivity index (χ4v) is 2.70. The Bertz CT molecular complexity index is 456. The molecule has 1 aromatic carbocycles. The van der Waals surface area contributed by atoms with Crippen molar-refractivity contribution in [3.63, 3.8) is 0 Å². The summed E-state index contributed by atoms with van der Waals surface area (Å²) in [5.74, 6) is 0.152. The molecule has 0 N–H and O–H groups in total. The van der Waals surface area contributed by atoms with Crippen LogP contribution in [0.1, 0.15) is 37.7 Å². The van der Waals surface area contributed by atoms with E-state index in [1.807, 2.05) is 30.3 Å². The topological polar surface area (TPSA) is 26.3 Å². The number of carbonyl (C=O) groups excluding carboxylic acids is 1. The molecule has 106 valence electrons. The molecule has 0 heterocycles. The van der Waals surface area contributed by atoms with Crippen LogP contribution in [0, 0.1) is 5.92 Å². The van der Waals surface area contributed by atoms with Crippen molar-refractivity contribution in [2.45, 2.75) is 38.2 Å². The van der Waals surface area contributed by atoms with Gasteiger partial charge >= 0.3 is 5.97 Å². The van der Waals surface area contributed by atoms with Gasteiger partial charge in [0.15, 0.2) is 0 Å². The van der Waals surface area contributed by atoms with E-state index in [1.54, 1.807) is 12.2 Å². The summed E-state index contributed by atoms with van der Waals surface area (Å²) < 4.78 is 5.52. The van der Waals surface area contributed by atoms with Crippen molar-refractivity contribution in [3.8, 4) is 0 Å². The van der Waals surface area contributed by atoms with E-state index < -0.39 is 0 Å². The highest BCUT2D eigenvalue weighted by molar-refractivity contribution is 5.87. The van der Waals surface area contributed by atoms with Gasteiger partial charge in [0.2, 0.25) is 0 Å². The van der Waals surface area contributed by atoms with E-state index in [-0.39, 0.29) is 12.1 Å². The molecule has 2 heteroatoms. The molecule has 0 aromatic heterocycles. The summed E-state index contributed by atoms with van der Waals surface area (Å²) in [6.45, 7) is 3.81. The van der Waals surface area contributed by atoms with Crippen LogP contribution in [0.5, 0.6) is 0 Å². The monoisotopic (exact) mass is 270 g/mol. The minimum atomic E-state index is -0.288. The van der Waals surface area contributed by atoms with Crippen LogP contribution < -0.4 is 0 Å². The molecular formula is C18H22O2. The van der Waals surface area contributed by atoms with E-state index in [9.17, 15) is 4.79 Å². The summed E-state index contributed by atoms with van der Waals surface area (Å²) in [5.41, 5.74) is 0.997. The van der Waals surface area contributed by atoms with E-state index in [0.717, 1.165) is 18.4 Å². The summed E-state index contributed by atoms with van der Waals surface area (Å²) in [7, 11) is 0. The predicted molar refractivity (Wildman–Crippen MR) is 82.1 cm³/mol. The van der Waals surface area contributed by atoms with E-state index >= 15 is 0 Å². The number of hydrogen-bond acceptors (Lipinski definition) is 2. The van der Waals surface area contributed by atoms with Crippen molar-refractivity contribution in [1.29, 1.82) is 0 Å². The lowest BCUT2D eigenvalue weighted by Crippen LogP contribution is -2.26. The molecule has 1 aromatic rings. The van der Waals surface area contributed by atoms with Gasteiger partial charge in [0.25, 0.3) is 0 Å². The number of benzene rings is 1. The predicted octanol–water partition coefficient (Wildman–Crippen LogP) is 4.38. The Hall–Kier alpha value is -1.83. The molecule has 0 amide bonds. The van der Waals surface area contributed by atoms with Crippen molar-refractivity contribution in [3.05, 3.63) is 54.6 Å². The lowest BCUT2D eigenvalue weighted by atomic mass is 9.85. The van der Waals surface area contributed by atoms with Crippen molar-refractivity contribution in [2.24, 2.45) is 5.92 Å². The van der Waals surface area contributed by atoms with Crippen LogP contribution in [0.2, 0.25) is 0 Å². The largest absolute Gasteiger partial charge is 0.455 e. The smallest absolute Gasteiger partial charge is 0.331 e. The standard InChI is InChI=1S/C18H22O2/c1-2-17(16-11-7-4-8-12-16)20-18(19)14-13-15-9-5-3-6-10-15/h2-3,5-6,9-10,13-14,16-17H,1,4,7-8,11-12H2/b14-13+/t17-/m0/s1. The molecule has 1 aliphatic rings. The third-order valence-electron chi connectivity index (χ3n) is 3.81. The zero-order chi connectivity index (χ0) is 14.2. The first-order valence-electron chi connectivity index (χ1n) is 7.36. The van der Waals surface area contributed by atoms with Crippen molar-refractivity contribution < 1.29 is 9.53 Å². The second-order valence-electron chi connectivity index (χ2n) is 5.28. The summed E-state index contributed by atoms with van der Waals surface area (Å²) in [4.78, 5) is 11.9. The molecule has 0 aliphatic heterocycles. The van der Waals surface area contributed by atoms with Crippen LogP contribution in [0.25, 0.3) is 6.08 Å². The number of rotatable bonds is 5. The molecule has 1 aliphatic carbocycles. The van der Waals surface area contributed by atoms with Gasteiger partial charge < -0.3 is 4.74 Å². The summed E-state index contributed by atoms with van der Waals surface area (Å²) in [6.07, 6.45) is 10.9. The lowest BCUT2D eigenvalue weighted by molar-refractivity contribution is -0.143. The molecule has 0 bridgehead atoms. The van der Waals surface area contributed by atoms with Crippen LogP contribution in [-0.2, 0) is 9.53 Å². The first kappa shape index (κ1) is 14.6. The maximum absolute atomic E-state index is 11.9. The molecule has 20 heavy (non-hydrogen) atoms. The SMILES string of the molecule is C=C[C@H](OC(=O)/C=C/c1ccccc1)C1CCCCC1. The Kier molecular flexibility index (Phi) is 5.60.